The van der Waals surface area contributed by atoms with E-state index in [0.29, 0.717) is 24.4 Å². The Morgan fingerprint density at radius 3 is 2.54 bits per heavy atom. The van der Waals surface area contributed by atoms with Crippen molar-refractivity contribution in [2.75, 3.05) is 37.7 Å². The zero-order valence-electron chi connectivity index (χ0n) is 13.1. The van der Waals surface area contributed by atoms with Crippen LogP contribution in [-0.4, -0.2) is 53.6 Å². The fraction of sp³-hybridized carbons (Fsp3) is 0.294. The Hall–Kier alpha value is -3.14. The van der Waals surface area contributed by atoms with Gasteiger partial charge in [-0.05, 0) is 24.3 Å². The van der Waals surface area contributed by atoms with Crippen LogP contribution in [0.2, 0.25) is 0 Å². The van der Waals surface area contributed by atoms with Crippen LogP contribution in [0.3, 0.4) is 0 Å². The Morgan fingerprint density at radius 2 is 1.92 bits per heavy atom. The molecule has 7 nitrogen and oxygen atoms in total. The van der Waals surface area contributed by atoms with Gasteiger partial charge >= 0.3 is 0 Å². The highest BCUT2D eigenvalue weighted by molar-refractivity contribution is 5.78. The van der Waals surface area contributed by atoms with Crippen molar-refractivity contribution in [3.8, 4) is 11.8 Å². The van der Waals surface area contributed by atoms with E-state index in [4.69, 9.17) is 10.00 Å². The molecule has 0 unspecified atom stereocenters. The van der Waals surface area contributed by atoms with Crippen LogP contribution in [0.25, 0.3) is 0 Å². The summed E-state index contributed by atoms with van der Waals surface area (Å²) in [6.07, 6.45) is 5.04. The SMILES string of the molecule is N#Cc1ccc(OCC(=O)N2CCN(c3cnccn3)CC2)cc1. The lowest BCUT2D eigenvalue weighted by atomic mass is 10.2. The van der Waals surface area contributed by atoms with Crippen LogP contribution in [0.15, 0.2) is 42.9 Å². The van der Waals surface area contributed by atoms with Crippen molar-refractivity contribution >= 4 is 11.7 Å². The molecule has 0 bridgehead atoms. The quantitative estimate of drug-likeness (QED) is 0.837. The average Bonchev–Trinajstić information content (AvgIpc) is 2.67. The van der Waals surface area contributed by atoms with Crippen LogP contribution < -0.4 is 9.64 Å². The van der Waals surface area contributed by atoms with Crippen molar-refractivity contribution in [1.29, 1.82) is 5.26 Å². The summed E-state index contributed by atoms with van der Waals surface area (Å²) in [4.78, 5) is 24.5. The average molecular weight is 323 g/mol. The summed E-state index contributed by atoms with van der Waals surface area (Å²) in [6, 6.07) is 8.76. The maximum Gasteiger partial charge on any atom is 0.260 e. The maximum absolute atomic E-state index is 12.2. The van der Waals surface area contributed by atoms with Crippen molar-refractivity contribution in [2.45, 2.75) is 0 Å². The number of piperazine rings is 1. The smallest absolute Gasteiger partial charge is 0.260 e. The molecular formula is C17H17N5O2. The van der Waals surface area contributed by atoms with Crippen molar-refractivity contribution in [1.82, 2.24) is 14.9 Å². The van der Waals surface area contributed by atoms with E-state index >= 15 is 0 Å². The summed E-state index contributed by atoms with van der Waals surface area (Å²) < 4.78 is 5.50. The number of ether oxygens (including phenoxy) is 1. The van der Waals surface area contributed by atoms with E-state index < -0.39 is 0 Å². The second kappa shape index (κ2) is 7.42. The minimum atomic E-state index is -0.0434. The van der Waals surface area contributed by atoms with E-state index in [9.17, 15) is 4.79 Å². The zero-order chi connectivity index (χ0) is 16.8. The Labute approximate surface area is 140 Å². The van der Waals surface area contributed by atoms with Gasteiger partial charge in [0.25, 0.3) is 5.91 Å². The van der Waals surface area contributed by atoms with Gasteiger partial charge in [0.1, 0.15) is 11.6 Å². The van der Waals surface area contributed by atoms with E-state index in [-0.39, 0.29) is 12.5 Å². The van der Waals surface area contributed by atoms with E-state index in [1.165, 1.54) is 0 Å². The number of carbonyl (C=O) groups is 1. The molecule has 1 aromatic heterocycles. The topological polar surface area (TPSA) is 82.4 Å². The summed E-state index contributed by atoms with van der Waals surface area (Å²) in [5.74, 6) is 1.37. The van der Waals surface area contributed by atoms with Crippen LogP contribution in [-0.2, 0) is 4.79 Å². The van der Waals surface area contributed by atoms with Gasteiger partial charge < -0.3 is 14.5 Å². The number of nitrogens with zero attached hydrogens (tertiary/aromatic N) is 5. The summed E-state index contributed by atoms with van der Waals surface area (Å²) >= 11 is 0. The van der Waals surface area contributed by atoms with Gasteiger partial charge in [-0.25, -0.2) is 4.98 Å². The minimum Gasteiger partial charge on any atom is -0.484 e. The van der Waals surface area contributed by atoms with Crippen molar-refractivity contribution < 1.29 is 9.53 Å². The normalized spacial score (nSPS) is 14.1. The number of rotatable bonds is 4. The molecule has 0 N–H and O–H groups in total. The predicted molar refractivity (Wildman–Crippen MR) is 87.5 cm³/mol. The molecule has 0 radical (unpaired) electrons. The molecule has 0 saturated carbocycles. The molecule has 1 aliphatic rings. The summed E-state index contributed by atoms with van der Waals surface area (Å²) in [6.45, 7) is 2.71. The number of hydrogen-bond acceptors (Lipinski definition) is 6. The lowest BCUT2D eigenvalue weighted by Crippen LogP contribution is -2.50. The van der Waals surface area contributed by atoms with E-state index in [1.807, 2.05) is 6.07 Å². The number of aromatic nitrogens is 2. The third kappa shape index (κ3) is 3.79. The van der Waals surface area contributed by atoms with Crippen molar-refractivity contribution in [3.05, 3.63) is 48.4 Å². The molecular weight excluding hydrogens is 306 g/mol. The Balaban J connectivity index is 1.47. The Morgan fingerprint density at radius 1 is 1.17 bits per heavy atom. The molecule has 0 atom stereocenters. The van der Waals surface area contributed by atoms with Gasteiger partial charge in [0.15, 0.2) is 6.61 Å². The lowest BCUT2D eigenvalue weighted by Gasteiger charge is -2.35. The molecule has 0 spiro atoms. The highest BCUT2D eigenvalue weighted by atomic mass is 16.5. The molecule has 1 aliphatic heterocycles. The molecule has 1 aromatic carbocycles. The monoisotopic (exact) mass is 323 g/mol. The molecule has 122 valence electrons. The van der Waals surface area contributed by atoms with Crippen LogP contribution >= 0.6 is 0 Å². The second-order valence-electron chi connectivity index (χ2n) is 5.36. The van der Waals surface area contributed by atoms with Crippen LogP contribution in [0.4, 0.5) is 5.82 Å². The molecule has 1 amide bonds. The molecule has 1 saturated heterocycles. The largest absolute Gasteiger partial charge is 0.484 e. The first-order valence-electron chi connectivity index (χ1n) is 7.68. The minimum absolute atomic E-state index is 0.00293. The lowest BCUT2D eigenvalue weighted by molar-refractivity contribution is -0.133. The number of amides is 1. The fourth-order valence-corrected chi connectivity index (χ4v) is 2.50. The Kier molecular flexibility index (Phi) is 4.87. The molecule has 3 rings (SSSR count). The van der Waals surface area contributed by atoms with E-state index in [0.717, 1.165) is 18.9 Å². The van der Waals surface area contributed by atoms with Gasteiger partial charge in [0.2, 0.25) is 0 Å². The van der Waals surface area contributed by atoms with E-state index in [2.05, 4.69) is 14.9 Å². The maximum atomic E-state index is 12.2. The van der Waals surface area contributed by atoms with E-state index in [1.54, 1.807) is 47.8 Å². The standard InChI is InChI=1S/C17H17N5O2/c18-11-14-1-3-15(4-2-14)24-13-17(23)22-9-7-21(8-10-22)16-12-19-5-6-20-16/h1-6,12H,7-10,13H2. The zero-order valence-corrected chi connectivity index (χ0v) is 13.1. The predicted octanol–water partition coefficient (Wildman–Crippen LogP) is 1.08. The molecule has 7 heteroatoms. The summed E-state index contributed by atoms with van der Waals surface area (Å²) in [5.41, 5.74) is 0.564. The number of nitriles is 1. The van der Waals surface area contributed by atoms with Gasteiger partial charge in [-0.1, -0.05) is 0 Å². The molecule has 24 heavy (non-hydrogen) atoms. The molecule has 0 aliphatic carbocycles. The van der Waals surface area contributed by atoms with Gasteiger partial charge in [0.05, 0.1) is 17.8 Å². The summed E-state index contributed by atoms with van der Waals surface area (Å²) in [7, 11) is 0. The fourth-order valence-electron chi connectivity index (χ4n) is 2.50. The third-order valence-electron chi connectivity index (χ3n) is 3.85. The van der Waals surface area contributed by atoms with Crippen LogP contribution in [0, 0.1) is 11.3 Å². The number of benzene rings is 1. The second-order valence-corrected chi connectivity index (χ2v) is 5.36. The number of carbonyl (C=O) groups excluding carboxylic acids is 1. The first kappa shape index (κ1) is 15.7. The summed E-state index contributed by atoms with van der Waals surface area (Å²) in [5, 5.41) is 8.76. The Bertz CT molecular complexity index is 719. The molecule has 1 fully saturated rings. The highest BCUT2D eigenvalue weighted by Gasteiger charge is 2.22. The van der Waals surface area contributed by atoms with Gasteiger partial charge in [-0.2, -0.15) is 5.26 Å². The number of hydrogen-bond donors (Lipinski definition) is 0. The first-order chi connectivity index (χ1) is 11.8. The van der Waals surface area contributed by atoms with Gasteiger partial charge in [-0.3, -0.25) is 9.78 Å². The van der Waals surface area contributed by atoms with Crippen molar-refractivity contribution in [2.24, 2.45) is 0 Å². The van der Waals surface area contributed by atoms with Gasteiger partial charge in [0, 0.05) is 38.6 Å². The third-order valence-corrected chi connectivity index (χ3v) is 3.85. The molecule has 2 aromatic rings. The highest BCUT2D eigenvalue weighted by Crippen LogP contribution is 2.13. The van der Waals surface area contributed by atoms with Crippen molar-refractivity contribution in [3.63, 3.8) is 0 Å². The van der Waals surface area contributed by atoms with Crippen LogP contribution in [0.5, 0.6) is 5.75 Å². The van der Waals surface area contributed by atoms with Crippen LogP contribution in [0.1, 0.15) is 5.56 Å². The van der Waals surface area contributed by atoms with Gasteiger partial charge in [-0.15, -0.1) is 0 Å². The molecule has 2 heterocycles. The first-order valence-corrected chi connectivity index (χ1v) is 7.68. The number of anilines is 1.